The number of aliphatic carboxylic acids is 1. The van der Waals surface area contributed by atoms with Crippen molar-refractivity contribution in [1.29, 1.82) is 0 Å². The van der Waals surface area contributed by atoms with E-state index in [1.165, 1.54) is 0 Å². The van der Waals surface area contributed by atoms with Gasteiger partial charge in [0.25, 0.3) is 0 Å². The van der Waals surface area contributed by atoms with Crippen molar-refractivity contribution < 1.29 is 9.90 Å². The molecule has 2 heteroatoms. The van der Waals surface area contributed by atoms with Gasteiger partial charge in [-0.3, -0.25) is 4.79 Å². The van der Waals surface area contributed by atoms with Crippen molar-refractivity contribution in [3.05, 3.63) is 53.6 Å². The topological polar surface area (TPSA) is 37.3 Å². The Morgan fingerprint density at radius 2 is 1.95 bits per heavy atom. The van der Waals surface area contributed by atoms with Crippen molar-refractivity contribution in [3.63, 3.8) is 0 Å². The summed E-state index contributed by atoms with van der Waals surface area (Å²) in [5, 5.41) is 9.32. The van der Waals surface area contributed by atoms with E-state index in [1.54, 1.807) is 0 Å². The first-order chi connectivity index (χ1) is 9.19. The van der Waals surface area contributed by atoms with Crippen LogP contribution in [-0.2, 0) is 4.79 Å². The van der Waals surface area contributed by atoms with Gasteiger partial charge in [-0.05, 0) is 24.0 Å². The molecule has 0 bridgehead atoms. The van der Waals surface area contributed by atoms with Gasteiger partial charge in [0.2, 0.25) is 0 Å². The lowest BCUT2D eigenvalue weighted by molar-refractivity contribution is -0.140. The van der Waals surface area contributed by atoms with Gasteiger partial charge in [-0.15, -0.1) is 0 Å². The smallest absolute Gasteiger partial charge is 0.310 e. The lowest BCUT2D eigenvalue weighted by Gasteiger charge is -2.12. The van der Waals surface area contributed by atoms with Crippen LogP contribution in [0, 0.1) is 5.92 Å². The average molecular weight is 258 g/mol. The van der Waals surface area contributed by atoms with E-state index in [-0.39, 0.29) is 0 Å². The number of rotatable bonds is 7. The van der Waals surface area contributed by atoms with Crippen LogP contribution in [0.2, 0.25) is 0 Å². The number of carboxylic acid groups (broad SMARTS) is 1. The zero-order valence-electron chi connectivity index (χ0n) is 11.7. The lowest BCUT2D eigenvalue weighted by atomic mass is 9.92. The van der Waals surface area contributed by atoms with Gasteiger partial charge in [-0.1, -0.05) is 68.8 Å². The van der Waals surface area contributed by atoms with E-state index in [1.807, 2.05) is 62.4 Å². The molecule has 0 aliphatic rings. The minimum absolute atomic E-state index is 0.398. The number of benzene rings is 1. The third kappa shape index (κ3) is 5.12. The largest absolute Gasteiger partial charge is 0.481 e. The molecule has 0 spiro atoms. The van der Waals surface area contributed by atoms with E-state index in [0.29, 0.717) is 6.42 Å². The maximum Gasteiger partial charge on any atom is 0.310 e. The van der Waals surface area contributed by atoms with Gasteiger partial charge in [0.1, 0.15) is 0 Å². The van der Waals surface area contributed by atoms with Crippen molar-refractivity contribution in [2.75, 3.05) is 0 Å². The average Bonchev–Trinajstić information content (AvgIpc) is 2.42. The number of carboxylic acids is 1. The summed E-state index contributed by atoms with van der Waals surface area (Å²) in [6.07, 6.45) is 8.33. The van der Waals surface area contributed by atoms with Crippen molar-refractivity contribution >= 4 is 12.0 Å². The second-order valence-electron chi connectivity index (χ2n) is 4.54. The molecule has 1 aromatic rings. The fourth-order valence-corrected chi connectivity index (χ4v) is 2.04. The molecule has 0 heterocycles. The molecule has 0 aromatic heterocycles. The molecule has 1 rings (SSSR count). The first-order valence-electron chi connectivity index (χ1n) is 6.85. The standard InChI is InChI=1S/C17H22O2/c1-3-8-15(16(9-4-2)17(18)19)13-12-14-10-6-5-7-11-14/h5-8,10-13,16H,3-4,9H2,1-2H3,(H,18,19)/t16-/m1/s1. The van der Waals surface area contributed by atoms with Crippen LogP contribution in [0.1, 0.15) is 38.7 Å². The molecule has 0 amide bonds. The Morgan fingerprint density at radius 3 is 2.47 bits per heavy atom. The first kappa shape index (κ1) is 15.2. The minimum atomic E-state index is -0.737. The Hall–Kier alpha value is -1.83. The Kier molecular flexibility index (Phi) is 6.65. The van der Waals surface area contributed by atoms with Crippen LogP contribution in [0.3, 0.4) is 0 Å². The molecule has 0 unspecified atom stereocenters. The van der Waals surface area contributed by atoms with Gasteiger partial charge in [0.15, 0.2) is 0 Å². The Balaban J connectivity index is 2.91. The van der Waals surface area contributed by atoms with Gasteiger partial charge in [0.05, 0.1) is 5.92 Å². The van der Waals surface area contributed by atoms with Crippen molar-refractivity contribution in [3.8, 4) is 0 Å². The van der Waals surface area contributed by atoms with Crippen LogP contribution in [0.5, 0.6) is 0 Å². The number of carbonyl (C=O) groups is 1. The SMILES string of the molecule is CCC=C(C=Cc1ccccc1)[C@@H](CCC)C(=O)O. The second kappa shape index (κ2) is 8.30. The summed E-state index contributed by atoms with van der Waals surface area (Å²) in [6.45, 7) is 4.04. The minimum Gasteiger partial charge on any atom is -0.481 e. The maximum atomic E-state index is 11.3. The quantitative estimate of drug-likeness (QED) is 0.729. The van der Waals surface area contributed by atoms with Crippen LogP contribution in [0.15, 0.2) is 48.1 Å². The second-order valence-corrected chi connectivity index (χ2v) is 4.54. The molecule has 0 saturated heterocycles. The van der Waals surface area contributed by atoms with E-state index in [9.17, 15) is 9.90 Å². The fourth-order valence-electron chi connectivity index (χ4n) is 2.04. The van der Waals surface area contributed by atoms with Crippen LogP contribution in [-0.4, -0.2) is 11.1 Å². The Bertz CT molecular complexity index is 444. The summed E-state index contributed by atoms with van der Waals surface area (Å²) in [5.41, 5.74) is 1.99. The zero-order chi connectivity index (χ0) is 14.1. The zero-order valence-corrected chi connectivity index (χ0v) is 11.7. The van der Waals surface area contributed by atoms with Gasteiger partial charge in [-0.25, -0.2) is 0 Å². The lowest BCUT2D eigenvalue weighted by Crippen LogP contribution is -2.15. The van der Waals surface area contributed by atoms with Crippen LogP contribution < -0.4 is 0 Å². The van der Waals surface area contributed by atoms with Gasteiger partial charge in [-0.2, -0.15) is 0 Å². The third-order valence-electron chi connectivity index (χ3n) is 2.99. The molecule has 0 saturated carbocycles. The number of allylic oxidation sites excluding steroid dienone is 2. The van der Waals surface area contributed by atoms with Crippen molar-refractivity contribution in [2.24, 2.45) is 5.92 Å². The summed E-state index contributed by atoms with van der Waals surface area (Å²) in [6, 6.07) is 9.94. The Morgan fingerprint density at radius 1 is 1.26 bits per heavy atom. The van der Waals surface area contributed by atoms with Crippen LogP contribution >= 0.6 is 0 Å². The molecule has 1 aromatic carbocycles. The maximum absolute atomic E-state index is 11.3. The highest BCUT2D eigenvalue weighted by molar-refractivity contribution is 5.75. The first-order valence-corrected chi connectivity index (χ1v) is 6.85. The predicted molar refractivity (Wildman–Crippen MR) is 79.9 cm³/mol. The van der Waals surface area contributed by atoms with E-state index >= 15 is 0 Å². The monoisotopic (exact) mass is 258 g/mol. The molecule has 0 aliphatic carbocycles. The predicted octanol–water partition coefficient (Wildman–Crippen LogP) is 4.54. The molecule has 0 fully saturated rings. The van der Waals surface area contributed by atoms with E-state index in [4.69, 9.17) is 0 Å². The molecule has 19 heavy (non-hydrogen) atoms. The van der Waals surface area contributed by atoms with Gasteiger partial charge in [0, 0.05) is 0 Å². The summed E-state index contributed by atoms with van der Waals surface area (Å²) in [5.74, 6) is -1.14. The number of hydrogen-bond acceptors (Lipinski definition) is 1. The molecule has 0 aliphatic heterocycles. The van der Waals surface area contributed by atoms with E-state index < -0.39 is 11.9 Å². The summed E-state index contributed by atoms with van der Waals surface area (Å²) in [7, 11) is 0. The molecule has 102 valence electrons. The molecule has 2 nitrogen and oxygen atoms in total. The fraction of sp³-hybridized carbons (Fsp3) is 0.353. The molecular formula is C17H22O2. The van der Waals surface area contributed by atoms with Gasteiger partial charge >= 0.3 is 5.97 Å². The van der Waals surface area contributed by atoms with Crippen LogP contribution in [0.4, 0.5) is 0 Å². The van der Waals surface area contributed by atoms with Crippen molar-refractivity contribution in [1.82, 2.24) is 0 Å². The normalized spacial score (nSPS) is 13.7. The van der Waals surface area contributed by atoms with E-state index in [0.717, 1.165) is 24.0 Å². The summed E-state index contributed by atoms with van der Waals surface area (Å²) >= 11 is 0. The van der Waals surface area contributed by atoms with Crippen LogP contribution in [0.25, 0.3) is 6.08 Å². The van der Waals surface area contributed by atoms with E-state index in [2.05, 4.69) is 0 Å². The number of hydrogen-bond donors (Lipinski definition) is 1. The molecule has 1 N–H and O–H groups in total. The highest BCUT2D eigenvalue weighted by Crippen LogP contribution is 2.20. The highest BCUT2D eigenvalue weighted by Gasteiger charge is 2.18. The molecule has 1 atom stereocenters. The third-order valence-corrected chi connectivity index (χ3v) is 2.99. The summed E-state index contributed by atoms with van der Waals surface area (Å²) in [4.78, 5) is 11.3. The molecule has 0 radical (unpaired) electrons. The summed E-state index contributed by atoms with van der Waals surface area (Å²) < 4.78 is 0. The Labute approximate surface area is 115 Å². The molecular weight excluding hydrogens is 236 g/mol. The van der Waals surface area contributed by atoms with Gasteiger partial charge < -0.3 is 5.11 Å². The van der Waals surface area contributed by atoms with Crippen molar-refractivity contribution in [2.45, 2.75) is 33.1 Å². The highest BCUT2D eigenvalue weighted by atomic mass is 16.4.